The molecule has 0 spiro atoms. The summed E-state index contributed by atoms with van der Waals surface area (Å²) in [6.07, 6.45) is 2.68. The highest BCUT2D eigenvalue weighted by Crippen LogP contribution is 2.28. The summed E-state index contributed by atoms with van der Waals surface area (Å²) < 4.78 is 12.5. The van der Waals surface area contributed by atoms with Crippen molar-refractivity contribution in [3.05, 3.63) is 30.1 Å². The Balaban J connectivity index is 1.89. The molecule has 0 aliphatic heterocycles. The van der Waals surface area contributed by atoms with Crippen LogP contribution in [0.1, 0.15) is 12.8 Å². The van der Waals surface area contributed by atoms with Gasteiger partial charge in [-0.05, 0) is 43.0 Å². The molecule has 0 heterocycles. The van der Waals surface area contributed by atoms with E-state index in [1.54, 1.807) is 12.1 Å². The van der Waals surface area contributed by atoms with Crippen LogP contribution in [-0.4, -0.2) is 6.54 Å². The van der Waals surface area contributed by atoms with Crippen LogP contribution in [0.15, 0.2) is 24.3 Å². The molecule has 1 nitrogen and oxygen atoms in total. The van der Waals surface area contributed by atoms with Crippen molar-refractivity contribution in [1.29, 1.82) is 0 Å². The quantitative estimate of drug-likeness (QED) is 0.726. The van der Waals surface area contributed by atoms with E-state index >= 15 is 0 Å². The minimum Gasteiger partial charge on any atom is -0.385 e. The highest BCUT2D eigenvalue weighted by molar-refractivity contribution is 5.42. The van der Waals surface area contributed by atoms with Crippen LogP contribution in [0.2, 0.25) is 0 Å². The molecule has 0 atom stereocenters. The highest BCUT2D eigenvalue weighted by atomic mass is 19.1. The highest BCUT2D eigenvalue weighted by Gasteiger charge is 2.20. The minimum atomic E-state index is -0.174. The maximum atomic E-state index is 12.5. The Morgan fingerprint density at radius 2 is 1.92 bits per heavy atom. The lowest BCUT2D eigenvalue weighted by molar-refractivity contribution is 0.628. The van der Waals surface area contributed by atoms with Crippen molar-refractivity contribution in [2.75, 3.05) is 11.9 Å². The first kappa shape index (κ1) is 7.59. The maximum Gasteiger partial charge on any atom is 0.123 e. The van der Waals surface area contributed by atoms with Gasteiger partial charge in [-0.15, -0.1) is 0 Å². The zero-order chi connectivity index (χ0) is 8.39. The number of hydrogen-bond donors (Lipinski definition) is 1. The number of rotatable bonds is 3. The van der Waals surface area contributed by atoms with Gasteiger partial charge in [0.1, 0.15) is 5.82 Å². The lowest BCUT2D eigenvalue weighted by Gasteiger charge is -2.03. The van der Waals surface area contributed by atoms with Crippen molar-refractivity contribution >= 4 is 5.69 Å². The zero-order valence-electron chi connectivity index (χ0n) is 6.89. The zero-order valence-corrected chi connectivity index (χ0v) is 6.89. The Kier molecular flexibility index (Phi) is 1.98. The summed E-state index contributed by atoms with van der Waals surface area (Å²) in [6.45, 7) is 1.03. The van der Waals surface area contributed by atoms with Crippen LogP contribution < -0.4 is 5.32 Å². The van der Waals surface area contributed by atoms with Crippen LogP contribution >= 0.6 is 0 Å². The van der Waals surface area contributed by atoms with Crippen molar-refractivity contribution in [2.24, 2.45) is 5.92 Å². The Bertz CT molecular complexity index is 251. The SMILES string of the molecule is Fc1ccc(NCC2CC2)cc1. The minimum absolute atomic E-state index is 0.174. The number of nitrogens with one attached hydrogen (secondary N) is 1. The average molecular weight is 165 g/mol. The predicted octanol–water partition coefficient (Wildman–Crippen LogP) is 2.65. The lowest BCUT2D eigenvalue weighted by atomic mass is 10.3. The Labute approximate surface area is 71.6 Å². The normalized spacial score (nSPS) is 16.1. The van der Waals surface area contributed by atoms with Crippen LogP contribution in [0.5, 0.6) is 0 Å². The molecule has 2 rings (SSSR count). The molecule has 1 aromatic carbocycles. The number of hydrogen-bond acceptors (Lipinski definition) is 1. The third-order valence-corrected chi connectivity index (χ3v) is 2.14. The summed E-state index contributed by atoms with van der Waals surface area (Å²) in [5.74, 6) is 0.682. The van der Waals surface area contributed by atoms with Crippen LogP contribution in [0.25, 0.3) is 0 Å². The molecule has 0 saturated heterocycles. The summed E-state index contributed by atoms with van der Waals surface area (Å²) in [6, 6.07) is 6.51. The first-order chi connectivity index (χ1) is 5.84. The maximum absolute atomic E-state index is 12.5. The summed E-state index contributed by atoms with van der Waals surface area (Å²) in [5, 5.41) is 3.27. The Morgan fingerprint density at radius 1 is 1.25 bits per heavy atom. The Morgan fingerprint density at radius 3 is 2.50 bits per heavy atom. The van der Waals surface area contributed by atoms with Crippen molar-refractivity contribution in [3.63, 3.8) is 0 Å². The molecule has 2 heteroatoms. The molecule has 1 saturated carbocycles. The second-order valence-electron chi connectivity index (χ2n) is 3.33. The van der Waals surface area contributed by atoms with Crippen molar-refractivity contribution in [2.45, 2.75) is 12.8 Å². The number of anilines is 1. The van der Waals surface area contributed by atoms with Crippen LogP contribution in [0, 0.1) is 11.7 Å². The van der Waals surface area contributed by atoms with Gasteiger partial charge >= 0.3 is 0 Å². The Hall–Kier alpha value is -1.05. The monoisotopic (exact) mass is 165 g/mol. The van der Waals surface area contributed by atoms with Gasteiger partial charge in [0.25, 0.3) is 0 Å². The van der Waals surface area contributed by atoms with Gasteiger partial charge in [0, 0.05) is 12.2 Å². The van der Waals surface area contributed by atoms with Gasteiger partial charge in [0.15, 0.2) is 0 Å². The molecule has 0 radical (unpaired) electrons. The third-order valence-electron chi connectivity index (χ3n) is 2.14. The smallest absolute Gasteiger partial charge is 0.123 e. The first-order valence-electron chi connectivity index (χ1n) is 4.34. The standard InChI is InChI=1S/C10H12FN/c11-9-3-5-10(6-4-9)12-7-8-1-2-8/h3-6,8,12H,1-2,7H2. The van der Waals surface area contributed by atoms with E-state index in [-0.39, 0.29) is 5.82 Å². The lowest BCUT2D eigenvalue weighted by Crippen LogP contribution is -2.02. The molecule has 0 unspecified atom stereocenters. The molecule has 0 bridgehead atoms. The molecule has 0 aromatic heterocycles. The summed E-state index contributed by atoms with van der Waals surface area (Å²) in [5.41, 5.74) is 1.02. The van der Waals surface area contributed by atoms with Gasteiger partial charge in [-0.3, -0.25) is 0 Å². The molecule has 1 N–H and O–H groups in total. The van der Waals surface area contributed by atoms with Crippen molar-refractivity contribution in [1.82, 2.24) is 0 Å². The van der Waals surface area contributed by atoms with Crippen LogP contribution in [0.4, 0.5) is 10.1 Å². The van der Waals surface area contributed by atoms with E-state index < -0.39 is 0 Å². The van der Waals surface area contributed by atoms with E-state index in [1.807, 2.05) is 0 Å². The second kappa shape index (κ2) is 3.13. The van der Waals surface area contributed by atoms with Gasteiger partial charge < -0.3 is 5.32 Å². The summed E-state index contributed by atoms with van der Waals surface area (Å²) in [4.78, 5) is 0. The molecule has 12 heavy (non-hydrogen) atoms. The molecule has 1 fully saturated rings. The molecule has 1 aliphatic carbocycles. The topological polar surface area (TPSA) is 12.0 Å². The van der Waals surface area contributed by atoms with Gasteiger partial charge in [0.05, 0.1) is 0 Å². The van der Waals surface area contributed by atoms with Gasteiger partial charge in [-0.25, -0.2) is 4.39 Å². The number of halogens is 1. The molecule has 1 aliphatic rings. The molecular weight excluding hydrogens is 153 g/mol. The molecule has 1 aromatic rings. The average Bonchev–Trinajstić information content (AvgIpc) is 2.87. The van der Waals surface area contributed by atoms with E-state index in [0.717, 1.165) is 18.2 Å². The van der Waals surface area contributed by atoms with Gasteiger partial charge in [0.2, 0.25) is 0 Å². The molecule has 0 amide bonds. The molecular formula is C10H12FN. The van der Waals surface area contributed by atoms with E-state index in [2.05, 4.69) is 5.32 Å². The van der Waals surface area contributed by atoms with E-state index in [9.17, 15) is 4.39 Å². The largest absolute Gasteiger partial charge is 0.385 e. The van der Waals surface area contributed by atoms with Crippen molar-refractivity contribution < 1.29 is 4.39 Å². The predicted molar refractivity (Wildman–Crippen MR) is 47.6 cm³/mol. The van der Waals surface area contributed by atoms with Crippen LogP contribution in [-0.2, 0) is 0 Å². The third kappa shape index (κ3) is 1.97. The van der Waals surface area contributed by atoms with Gasteiger partial charge in [-0.2, -0.15) is 0 Å². The van der Waals surface area contributed by atoms with Crippen LogP contribution in [0.3, 0.4) is 0 Å². The number of benzene rings is 1. The second-order valence-corrected chi connectivity index (χ2v) is 3.33. The summed E-state index contributed by atoms with van der Waals surface area (Å²) >= 11 is 0. The fourth-order valence-corrected chi connectivity index (χ4v) is 1.15. The van der Waals surface area contributed by atoms with Crippen molar-refractivity contribution in [3.8, 4) is 0 Å². The first-order valence-corrected chi connectivity index (χ1v) is 4.34. The molecule has 64 valence electrons. The van der Waals surface area contributed by atoms with E-state index in [0.29, 0.717) is 0 Å². The van der Waals surface area contributed by atoms with Gasteiger partial charge in [-0.1, -0.05) is 0 Å². The van der Waals surface area contributed by atoms with E-state index in [1.165, 1.54) is 25.0 Å². The summed E-state index contributed by atoms with van der Waals surface area (Å²) in [7, 11) is 0. The van der Waals surface area contributed by atoms with E-state index in [4.69, 9.17) is 0 Å². The fraction of sp³-hybridized carbons (Fsp3) is 0.400. The fourth-order valence-electron chi connectivity index (χ4n) is 1.15.